The fraction of sp³-hybridized carbons (Fsp3) is 0.312. The first-order valence-electron chi connectivity index (χ1n) is 7.20. The average Bonchev–Trinajstić information content (AvgIpc) is 3.29. The molecule has 0 atom stereocenters. The van der Waals surface area contributed by atoms with E-state index in [1.165, 1.54) is 6.20 Å². The van der Waals surface area contributed by atoms with Gasteiger partial charge in [0.15, 0.2) is 0 Å². The van der Waals surface area contributed by atoms with Crippen molar-refractivity contribution < 1.29 is 9.53 Å². The minimum atomic E-state index is -0.653. The van der Waals surface area contributed by atoms with E-state index in [1.807, 2.05) is 24.3 Å². The molecule has 0 spiro atoms. The van der Waals surface area contributed by atoms with E-state index < -0.39 is 11.5 Å². The second-order valence-corrected chi connectivity index (χ2v) is 5.40. The predicted molar refractivity (Wildman–Crippen MR) is 81.7 cm³/mol. The summed E-state index contributed by atoms with van der Waals surface area (Å²) in [7, 11) is 0. The zero-order valence-corrected chi connectivity index (χ0v) is 12.3. The molecule has 1 aromatic carbocycles. The van der Waals surface area contributed by atoms with Crippen molar-refractivity contribution in [3.05, 3.63) is 57.8 Å². The Kier molecular flexibility index (Phi) is 3.44. The summed E-state index contributed by atoms with van der Waals surface area (Å²) in [5.74, 6) is -0.0737. The number of nitrogen functional groups attached to an aromatic ring is 1. The summed E-state index contributed by atoms with van der Waals surface area (Å²) >= 11 is 0. The van der Waals surface area contributed by atoms with Gasteiger partial charge in [0.2, 0.25) is 0 Å². The van der Waals surface area contributed by atoms with Crippen LogP contribution in [0.25, 0.3) is 0 Å². The number of nitrogens with two attached hydrogens (primary N) is 1. The van der Waals surface area contributed by atoms with E-state index in [9.17, 15) is 9.59 Å². The largest absolute Gasteiger partial charge is 0.462 e. The van der Waals surface area contributed by atoms with Gasteiger partial charge >= 0.3 is 5.97 Å². The molecule has 1 aromatic heterocycles. The maximum absolute atomic E-state index is 12.1. The van der Waals surface area contributed by atoms with Crippen LogP contribution in [0.2, 0.25) is 0 Å². The van der Waals surface area contributed by atoms with Crippen LogP contribution < -0.4 is 11.3 Å². The number of anilines is 1. The van der Waals surface area contributed by atoms with Crippen molar-refractivity contribution in [2.24, 2.45) is 0 Å². The van der Waals surface area contributed by atoms with Gasteiger partial charge in [0.05, 0.1) is 12.0 Å². The van der Waals surface area contributed by atoms with Gasteiger partial charge in [-0.2, -0.15) is 0 Å². The standard InChI is InChI=1S/C16H17N3O3/c1-2-22-14(21)12-9-18-15(19-13(12)20)16(7-8-16)10-3-5-11(17)6-4-10/h3-6,9H,2,7-8,17H2,1H3,(H,18,19,20). The number of aromatic nitrogens is 2. The third-order valence-electron chi connectivity index (χ3n) is 3.96. The highest BCUT2D eigenvalue weighted by atomic mass is 16.5. The molecule has 0 bridgehead atoms. The van der Waals surface area contributed by atoms with E-state index in [4.69, 9.17) is 10.5 Å². The van der Waals surface area contributed by atoms with Crippen LogP contribution in [0.15, 0.2) is 35.3 Å². The fourth-order valence-electron chi connectivity index (χ4n) is 2.58. The molecule has 6 nitrogen and oxygen atoms in total. The Hall–Kier alpha value is -2.63. The van der Waals surface area contributed by atoms with Gasteiger partial charge in [0, 0.05) is 11.9 Å². The lowest BCUT2D eigenvalue weighted by atomic mass is 9.94. The number of benzene rings is 1. The van der Waals surface area contributed by atoms with Crippen LogP contribution in [0.3, 0.4) is 0 Å². The summed E-state index contributed by atoms with van der Waals surface area (Å²) in [6.45, 7) is 1.91. The van der Waals surface area contributed by atoms with Crippen LogP contribution in [-0.2, 0) is 10.2 Å². The normalized spacial score (nSPS) is 15.3. The Labute approximate surface area is 127 Å². The summed E-state index contributed by atoms with van der Waals surface area (Å²) in [5, 5.41) is 0. The summed E-state index contributed by atoms with van der Waals surface area (Å²) in [5.41, 5.74) is 6.65. The SMILES string of the molecule is CCOC(=O)c1cnc(C2(c3ccc(N)cc3)CC2)[nH]c1=O. The average molecular weight is 299 g/mol. The van der Waals surface area contributed by atoms with Crippen LogP contribution in [-0.4, -0.2) is 22.5 Å². The number of aromatic amines is 1. The number of carbonyl (C=O) groups excluding carboxylic acids is 1. The topological polar surface area (TPSA) is 98.1 Å². The van der Waals surface area contributed by atoms with Gasteiger partial charge < -0.3 is 15.5 Å². The second-order valence-electron chi connectivity index (χ2n) is 5.40. The molecule has 22 heavy (non-hydrogen) atoms. The fourth-order valence-corrected chi connectivity index (χ4v) is 2.58. The Morgan fingerprint density at radius 2 is 2.05 bits per heavy atom. The van der Waals surface area contributed by atoms with Gasteiger partial charge in [0.25, 0.3) is 5.56 Å². The lowest BCUT2D eigenvalue weighted by Crippen LogP contribution is -2.25. The quantitative estimate of drug-likeness (QED) is 0.660. The van der Waals surface area contributed by atoms with Crippen molar-refractivity contribution in [2.45, 2.75) is 25.2 Å². The van der Waals surface area contributed by atoms with Gasteiger partial charge in [-0.3, -0.25) is 4.79 Å². The highest BCUT2D eigenvalue weighted by molar-refractivity contribution is 5.88. The Morgan fingerprint density at radius 3 is 2.59 bits per heavy atom. The third-order valence-corrected chi connectivity index (χ3v) is 3.96. The zero-order chi connectivity index (χ0) is 15.7. The molecular formula is C16H17N3O3. The van der Waals surface area contributed by atoms with Crippen molar-refractivity contribution in [1.82, 2.24) is 9.97 Å². The number of nitrogens with one attached hydrogen (secondary N) is 1. The predicted octanol–water partition coefficient (Wildman–Crippen LogP) is 1.61. The monoisotopic (exact) mass is 299 g/mol. The maximum atomic E-state index is 12.1. The maximum Gasteiger partial charge on any atom is 0.345 e. The number of H-pyrrole nitrogens is 1. The van der Waals surface area contributed by atoms with Crippen molar-refractivity contribution in [2.75, 3.05) is 12.3 Å². The summed E-state index contributed by atoms with van der Waals surface area (Å²) in [4.78, 5) is 30.8. The lowest BCUT2D eigenvalue weighted by Gasteiger charge is -2.15. The molecule has 0 unspecified atom stereocenters. The molecule has 1 aliphatic rings. The van der Waals surface area contributed by atoms with Gasteiger partial charge in [0.1, 0.15) is 11.4 Å². The summed E-state index contributed by atoms with van der Waals surface area (Å²) in [6.07, 6.45) is 3.10. The van der Waals surface area contributed by atoms with Crippen LogP contribution in [0.5, 0.6) is 0 Å². The summed E-state index contributed by atoms with van der Waals surface area (Å²) < 4.78 is 4.83. The molecule has 6 heteroatoms. The van der Waals surface area contributed by atoms with Crippen molar-refractivity contribution in [3.8, 4) is 0 Å². The first-order valence-corrected chi connectivity index (χ1v) is 7.20. The number of ether oxygens (including phenoxy) is 1. The molecule has 3 N–H and O–H groups in total. The van der Waals surface area contributed by atoms with Crippen LogP contribution in [0.1, 0.15) is 41.5 Å². The zero-order valence-electron chi connectivity index (χ0n) is 12.3. The number of carbonyl (C=O) groups is 1. The molecule has 0 aliphatic heterocycles. The van der Waals surface area contributed by atoms with Gasteiger partial charge in [-0.15, -0.1) is 0 Å². The molecule has 1 saturated carbocycles. The molecule has 2 aromatic rings. The minimum absolute atomic E-state index is 0.0706. The number of rotatable bonds is 4. The molecule has 1 heterocycles. The van der Waals surface area contributed by atoms with Crippen molar-refractivity contribution in [3.63, 3.8) is 0 Å². The first kappa shape index (κ1) is 14.3. The van der Waals surface area contributed by atoms with Crippen LogP contribution >= 0.6 is 0 Å². The molecule has 114 valence electrons. The number of hydrogen-bond donors (Lipinski definition) is 2. The van der Waals surface area contributed by atoms with E-state index in [1.54, 1.807) is 6.92 Å². The van der Waals surface area contributed by atoms with E-state index in [-0.39, 0.29) is 17.6 Å². The number of hydrogen-bond acceptors (Lipinski definition) is 5. The molecular weight excluding hydrogens is 282 g/mol. The molecule has 1 fully saturated rings. The Bertz CT molecular complexity index is 761. The van der Waals surface area contributed by atoms with Gasteiger partial charge in [-0.25, -0.2) is 9.78 Å². The van der Waals surface area contributed by atoms with E-state index >= 15 is 0 Å². The molecule has 0 saturated heterocycles. The molecule has 0 amide bonds. The molecule has 3 rings (SSSR count). The first-order chi connectivity index (χ1) is 10.6. The van der Waals surface area contributed by atoms with Crippen molar-refractivity contribution >= 4 is 11.7 Å². The van der Waals surface area contributed by atoms with E-state index in [0.29, 0.717) is 11.5 Å². The van der Waals surface area contributed by atoms with Crippen LogP contribution in [0, 0.1) is 0 Å². The van der Waals surface area contributed by atoms with E-state index in [2.05, 4.69) is 9.97 Å². The second kappa shape index (κ2) is 5.29. The number of esters is 1. The van der Waals surface area contributed by atoms with Crippen LogP contribution in [0.4, 0.5) is 5.69 Å². The lowest BCUT2D eigenvalue weighted by molar-refractivity contribution is 0.0523. The van der Waals surface area contributed by atoms with Gasteiger partial charge in [-0.1, -0.05) is 12.1 Å². The molecule has 1 aliphatic carbocycles. The Balaban J connectivity index is 1.96. The summed E-state index contributed by atoms with van der Waals surface area (Å²) in [6, 6.07) is 7.56. The Morgan fingerprint density at radius 1 is 1.36 bits per heavy atom. The van der Waals surface area contributed by atoms with Gasteiger partial charge in [-0.05, 0) is 37.5 Å². The highest BCUT2D eigenvalue weighted by Crippen LogP contribution is 2.51. The smallest absolute Gasteiger partial charge is 0.345 e. The third kappa shape index (κ3) is 2.36. The van der Waals surface area contributed by atoms with E-state index in [0.717, 1.165) is 18.4 Å². The highest BCUT2D eigenvalue weighted by Gasteiger charge is 2.48. The minimum Gasteiger partial charge on any atom is -0.462 e. The molecule has 0 radical (unpaired) electrons. The van der Waals surface area contributed by atoms with Crippen molar-refractivity contribution in [1.29, 1.82) is 0 Å². The number of nitrogens with zero attached hydrogens (tertiary/aromatic N) is 1.